The molecule has 1 heterocycles. The molecule has 0 saturated carbocycles. The first kappa shape index (κ1) is 18.3. The summed E-state index contributed by atoms with van der Waals surface area (Å²) in [6, 6.07) is 23.0. The molecule has 30 heavy (non-hydrogen) atoms. The second-order valence-electron chi connectivity index (χ2n) is 6.80. The SMILES string of the molecule is COc1ccc2ccccc2c1-c1nc(Cl)nc(-c2c(O)ccc3ccccc23)n1. The highest BCUT2D eigenvalue weighted by atomic mass is 35.5. The number of nitrogens with zero attached hydrogens (tertiary/aromatic N) is 3. The minimum Gasteiger partial charge on any atom is -0.507 e. The fourth-order valence-electron chi connectivity index (χ4n) is 3.72. The molecule has 5 rings (SSSR count). The lowest BCUT2D eigenvalue weighted by Gasteiger charge is -2.13. The maximum absolute atomic E-state index is 10.6. The third-order valence-electron chi connectivity index (χ3n) is 5.07. The summed E-state index contributed by atoms with van der Waals surface area (Å²) in [7, 11) is 1.61. The number of benzene rings is 4. The number of halogens is 1. The zero-order valence-electron chi connectivity index (χ0n) is 16.0. The second kappa shape index (κ2) is 7.28. The zero-order valence-corrected chi connectivity index (χ0v) is 16.8. The zero-order chi connectivity index (χ0) is 20.7. The fourth-order valence-corrected chi connectivity index (χ4v) is 3.88. The van der Waals surface area contributed by atoms with E-state index in [4.69, 9.17) is 21.3 Å². The van der Waals surface area contributed by atoms with Gasteiger partial charge in [-0.3, -0.25) is 0 Å². The van der Waals surface area contributed by atoms with Crippen molar-refractivity contribution in [1.29, 1.82) is 0 Å². The lowest BCUT2D eigenvalue weighted by molar-refractivity contribution is 0.416. The molecule has 4 aromatic carbocycles. The van der Waals surface area contributed by atoms with Crippen LogP contribution in [0.3, 0.4) is 0 Å². The number of hydrogen-bond donors (Lipinski definition) is 1. The van der Waals surface area contributed by atoms with Crippen LogP contribution in [0, 0.1) is 0 Å². The highest BCUT2D eigenvalue weighted by Gasteiger charge is 2.19. The van der Waals surface area contributed by atoms with Gasteiger partial charge in [-0.2, -0.15) is 9.97 Å². The minimum absolute atomic E-state index is 0.0392. The van der Waals surface area contributed by atoms with Crippen LogP contribution in [0.4, 0.5) is 0 Å². The summed E-state index contributed by atoms with van der Waals surface area (Å²) < 4.78 is 5.59. The van der Waals surface area contributed by atoms with Gasteiger partial charge in [0.15, 0.2) is 11.6 Å². The molecule has 5 nitrogen and oxygen atoms in total. The van der Waals surface area contributed by atoms with Crippen molar-refractivity contribution in [3.05, 3.63) is 78.1 Å². The Balaban J connectivity index is 1.82. The van der Waals surface area contributed by atoms with E-state index in [-0.39, 0.29) is 11.0 Å². The van der Waals surface area contributed by atoms with Crippen LogP contribution in [0.5, 0.6) is 11.5 Å². The average Bonchev–Trinajstić information content (AvgIpc) is 2.77. The van der Waals surface area contributed by atoms with Crippen molar-refractivity contribution in [2.75, 3.05) is 7.11 Å². The summed E-state index contributed by atoms with van der Waals surface area (Å²) in [5.74, 6) is 1.39. The van der Waals surface area contributed by atoms with Gasteiger partial charge in [0.1, 0.15) is 11.5 Å². The smallest absolute Gasteiger partial charge is 0.226 e. The Morgan fingerprint density at radius 3 is 1.93 bits per heavy atom. The number of rotatable bonds is 3. The lowest BCUT2D eigenvalue weighted by Crippen LogP contribution is -2.00. The third-order valence-corrected chi connectivity index (χ3v) is 5.24. The first-order valence-corrected chi connectivity index (χ1v) is 9.72. The molecule has 0 spiro atoms. The molecule has 0 unspecified atom stereocenters. The molecular weight excluding hydrogens is 398 g/mol. The van der Waals surface area contributed by atoms with Crippen molar-refractivity contribution in [2.24, 2.45) is 0 Å². The average molecular weight is 414 g/mol. The summed E-state index contributed by atoms with van der Waals surface area (Å²) in [5, 5.41) is 14.4. The monoisotopic (exact) mass is 413 g/mol. The lowest BCUT2D eigenvalue weighted by atomic mass is 10.0. The molecule has 0 aliphatic rings. The van der Waals surface area contributed by atoms with Crippen LogP contribution in [0.15, 0.2) is 72.8 Å². The van der Waals surface area contributed by atoms with E-state index < -0.39 is 0 Å². The van der Waals surface area contributed by atoms with Gasteiger partial charge in [-0.15, -0.1) is 0 Å². The van der Waals surface area contributed by atoms with E-state index in [1.165, 1.54) is 0 Å². The summed E-state index contributed by atoms with van der Waals surface area (Å²) in [4.78, 5) is 13.4. The number of phenolic OH excluding ortho intramolecular Hbond substituents is 1. The maximum Gasteiger partial charge on any atom is 0.226 e. The topological polar surface area (TPSA) is 68.1 Å². The highest BCUT2D eigenvalue weighted by Crippen LogP contribution is 2.39. The van der Waals surface area contributed by atoms with E-state index in [9.17, 15) is 5.11 Å². The number of hydrogen-bond acceptors (Lipinski definition) is 5. The van der Waals surface area contributed by atoms with Gasteiger partial charge in [-0.1, -0.05) is 60.7 Å². The molecule has 0 fully saturated rings. The van der Waals surface area contributed by atoms with Gasteiger partial charge in [0.05, 0.1) is 18.2 Å². The Bertz CT molecular complexity index is 1420. The Morgan fingerprint density at radius 1 is 0.700 bits per heavy atom. The number of aromatic hydroxyl groups is 1. The van der Waals surface area contributed by atoms with Crippen molar-refractivity contribution in [1.82, 2.24) is 15.0 Å². The molecule has 0 atom stereocenters. The maximum atomic E-state index is 10.6. The number of fused-ring (bicyclic) bond motifs is 2. The van der Waals surface area contributed by atoms with Crippen LogP contribution in [0.2, 0.25) is 5.28 Å². The van der Waals surface area contributed by atoms with Crippen molar-refractivity contribution in [3.63, 3.8) is 0 Å². The molecule has 0 saturated heterocycles. The van der Waals surface area contributed by atoms with Crippen LogP contribution < -0.4 is 4.74 Å². The normalized spacial score (nSPS) is 11.1. The predicted octanol–water partition coefficient (Wildman–Crippen LogP) is 5.88. The van der Waals surface area contributed by atoms with Gasteiger partial charge >= 0.3 is 0 Å². The molecule has 0 aliphatic heterocycles. The Morgan fingerprint density at radius 2 is 1.27 bits per heavy atom. The van der Waals surface area contributed by atoms with Gasteiger partial charge in [-0.05, 0) is 45.3 Å². The van der Waals surface area contributed by atoms with E-state index in [1.807, 2.05) is 66.7 Å². The molecule has 0 amide bonds. The van der Waals surface area contributed by atoms with Crippen LogP contribution in [0.1, 0.15) is 0 Å². The number of phenols is 1. The minimum atomic E-state index is 0.0392. The van der Waals surface area contributed by atoms with Gasteiger partial charge in [-0.25, -0.2) is 4.98 Å². The van der Waals surface area contributed by atoms with E-state index in [0.717, 1.165) is 27.1 Å². The Hall–Kier alpha value is -3.70. The van der Waals surface area contributed by atoms with Crippen molar-refractivity contribution >= 4 is 33.1 Å². The first-order chi connectivity index (χ1) is 14.7. The van der Waals surface area contributed by atoms with E-state index >= 15 is 0 Å². The summed E-state index contributed by atoms with van der Waals surface area (Å²) in [6.45, 7) is 0. The van der Waals surface area contributed by atoms with Crippen LogP contribution in [0.25, 0.3) is 44.3 Å². The third kappa shape index (κ3) is 3.00. The summed E-state index contributed by atoms with van der Waals surface area (Å²) in [6.07, 6.45) is 0. The molecule has 6 heteroatoms. The molecule has 0 aliphatic carbocycles. The van der Waals surface area contributed by atoms with Crippen molar-refractivity contribution in [2.45, 2.75) is 0 Å². The van der Waals surface area contributed by atoms with Crippen molar-refractivity contribution in [3.8, 4) is 34.3 Å². The number of aromatic nitrogens is 3. The van der Waals surface area contributed by atoms with Gasteiger partial charge in [0.25, 0.3) is 0 Å². The highest BCUT2D eigenvalue weighted by molar-refractivity contribution is 6.28. The second-order valence-corrected chi connectivity index (χ2v) is 7.13. The van der Waals surface area contributed by atoms with E-state index in [1.54, 1.807) is 13.2 Å². The van der Waals surface area contributed by atoms with Crippen LogP contribution in [-0.2, 0) is 0 Å². The number of methoxy groups -OCH3 is 1. The molecule has 1 aromatic heterocycles. The van der Waals surface area contributed by atoms with E-state index in [2.05, 4.69) is 9.97 Å². The van der Waals surface area contributed by atoms with E-state index in [0.29, 0.717) is 23.0 Å². The predicted molar refractivity (Wildman–Crippen MR) is 119 cm³/mol. The fraction of sp³-hybridized carbons (Fsp3) is 0.0417. The standard InChI is InChI=1S/C24H16ClN3O2/c1-30-19-13-11-15-7-3-5-9-17(15)21(19)23-26-22(27-24(25)28-23)20-16-8-4-2-6-14(16)10-12-18(20)29/h2-13,29H,1H3. The molecule has 0 radical (unpaired) electrons. The quantitative estimate of drug-likeness (QED) is 0.400. The first-order valence-electron chi connectivity index (χ1n) is 9.34. The molecular formula is C24H16ClN3O2. The van der Waals surface area contributed by atoms with Gasteiger partial charge in [0, 0.05) is 0 Å². The van der Waals surface area contributed by atoms with Crippen LogP contribution >= 0.6 is 11.6 Å². The van der Waals surface area contributed by atoms with Gasteiger partial charge < -0.3 is 9.84 Å². The summed E-state index contributed by atoms with van der Waals surface area (Å²) in [5.41, 5.74) is 1.23. The van der Waals surface area contributed by atoms with Gasteiger partial charge in [0.2, 0.25) is 5.28 Å². The summed E-state index contributed by atoms with van der Waals surface area (Å²) >= 11 is 6.32. The molecule has 5 aromatic rings. The number of ether oxygens (including phenoxy) is 1. The molecule has 1 N–H and O–H groups in total. The Labute approximate surface area is 177 Å². The molecule has 0 bridgehead atoms. The molecule has 146 valence electrons. The van der Waals surface area contributed by atoms with Crippen molar-refractivity contribution < 1.29 is 9.84 Å². The largest absolute Gasteiger partial charge is 0.507 e. The van der Waals surface area contributed by atoms with Crippen LogP contribution in [-0.4, -0.2) is 27.2 Å². The Kier molecular flexibility index (Phi) is 4.45.